The van der Waals surface area contributed by atoms with Gasteiger partial charge in [0.15, 0.2) is 0 Å². The number of benzene rings is 1. The third-order valence-electron chi connectivity index (χ3n) is 5.10. The SMILES string of the molecule is CC1(C)OB(c2ccc(N(CCOS(C)(=O)=O)CCOS(C)(=O)=O)cc2)OC1(C)C. The van der Waals surface area contributed by atoms with Gasteiger partial charge in [0.2, 0.25) is 0 Å². The molecule has 0 spiro atoms. The van der Waals surface area contributed by atoms with Crippen molar-refractivity contribution in [3.63, 3.8) is 0 Å². The van der Waals surface area contributed by atoms with Crippen molar-refractivity contribution in [2.75, 3.05) is 43.7 Å². The lowest BCUT2D eigenvalue weighted by Gasteiger charge is -2.32. The number of nitrogens with zero attached hydrogens (tertiary/aromatic N) is 1. The summed E-state index contributed by atoms with van der Waals surface area (Å²) in [6.07, 6.45) is 1.95. The van der Waals surface area contributed by atoms with Crippen molar-refractivity contribution < 1.29 is 34.5 Å². The minimum absolute atomic E-state index is 0.0727. The van der Waals surface area contributed by atoms with Crippen molar-refractivity contribution in [1.82, 2.24) is 0 Å². The maximum Gasteiger partial charge on any atom is 0.494 e. The number of anilines is 1. The first-order chi connectivity index (χ1) is 13.6. The second kappa shape index (κ2) is 9.13. The molecule has 0 amide bonds. The highest BCUT2D eigenvalue weighted by molar-refractivity contribution is 7.86. The first kappa shape index (κ1) is 25.1. The standard InChI is InChI=1S/C18H30BNO8S2/c1-17(2)18(3,4)28-19(27-17)15-7-9-16(10-8-15)20(11-13-25-29(5,21)22)12-14-26-30(6,23)24/h7-10H,11-14H2,1-6H3. The van der Waals surface area contributed by atoms with Crippen LogP contribution >= 0.6 is 0 Å². The molecular weight excluding hydrogens is 433 g/mol. The first-order valence-electron chi connectivity index (χ1n) is 9.49. The highest BCUT2D eigenvalue weighted by atomic mass is 32.2. The Labute approximate surface area is 180 Å². The minimum Gasteiger partial charge on any atom is -0.399 e. The summed E-state index contributed by atoms with van der Waals surface area (Å²) in [5, 5.41) is 0. The van der Waals surface area contributed by atoms with Gasteiger partial charge in [-0.15, -0.1) is 0 Å². The Balaban J connectivity index is 2.11. The molecule has 9 nitrogen and oxygen atoms in total. The van der Waals surface area contributed by atoms with Gasteiger partial charge in [-0.25, -0.2) is 0 Å². The van der Waals surface area contributed by atoms with E-state index in [2.05, 4.69) is 0 Å². The van der Waals surface area contributed by atoms with Crippen LogP contribution in [-0.4, -0.2) is 74.0 Å². The molecule has 0 aromatic heterocycles. The lowest BCUT2D eigenvalue weighted by Crippen LogP contribution is -2.41. The fourth-order valence-corrected chi connectivity index (χ4v) is 3.54. The maximum atomic E-state index is 11.2. The second-order valence-electron chi connectivity index (χ2n) is 8.22. The minimum atomic E-state index is -3.57. The molecular formula is C18H30BNO8S2. The normalized spacial score (nSPS) is 18.5. The van der Waals surface area contributed by atoms with Gasteiger partial charge in [-0.3, -0.25) is 8.37 Å². The molecule has 0 saturated carbocycles. The van der Waals surface area contributed by atoms with Crippen LogP contribution in [0.15, 0.2) is 24.3 Å². The van der Waals surface area contributed by atoms with Gasteiger partial charge in [-0.05, 0) is 45.3 Å². The van der Waals surface area contributed by atoms with E-state index in [9.17, 15) is 16.8 Å². The van der Waals surface area contributed by atoms with E-state index < -0.39 is 38.6 Å². The van der Waals surface area contributed by atoms with Gasteiger partial charge in [0.05, 0.1) is 36.9 Å². The van der Waals surface area contributed by atoms with Crippen molar-refractivity contribution in [2.45, 2.75) is 38.9 Å². The summed E-state index contributed by atoms with van der Waals surface area (Å²) in [6, 6.07) is 7.39. The zero-order valence-corrected chi connectivity index (χ0v) is 19.9. The van der Waals surface area contributed by atoms with Crippen molar-refractivity contribution in [1.29, 1.82) is 0 Å². The van der Waals surface area contributed by atoms with E-state index in [4.69, 9.17) is 17.7 Å². The highest BCUT2D eigenvalue weighted by Crippen LogP contribution is 2.36. The van der Waals surface area contributed by atoms with Crippen LogP contribution in [0.4, 0.5) is 5.69 Å². The largest absolute Gasteiger partial charge is 0.494 e. The Morgan fingerprint density at radius 3 is 1.60 bits per heavy atom. The molecule has 30 heavy (non-hydrogen) atoms. The summed E-state index contributed by atoms with van der Waals surface area (Å²) >= 11 is 0. The summed E-state index contributed by atoms with van der Waals surface area (Å²) in [7, 11) is -7.65. The Morgan fingerprint density at radius 1 is 0.833 bits per heavy atom. The topological polar surface area (TPSA) is 108 Å². The molecule has 2 rings (SSSR count). The molecule has 12 heteroatoms. The zero-order valence-electron chi connectivity index (χ0n) is 18.2. The summed E-state index contributed by atoms with van der Waals surface area (Å²) in [5.41, 5.74) is 0.699. The molecule has 170 valence electrons. The zero-order chi connectivity index (χ0) is 22.8. The Hall–Kier alpha value is -1.18. The summed E-state index contributed by atoms with van der Waals surface area (Å²) in [4.78, 5) is 1.78. The van der Waals surface area contributed by atoms with Crippen LogP contribution in [0.2, 0.25) is 0 Å². The molecule has 0 bridgehead atoms. The third-order valence-corrected chi connectivity index (χ3v) is 6.29. The smallest absolute Gasteiger partial charge is 0.399 e. The lowest BCUT2D eigenvalue weighted by atomic mass is 9.79. The van der Waals surface area contributed by atoms with Gasteiger partial charge >= 0.3 is 7.12 Å². The summed E-state index contributed by atoms with van der Waals surface area (Å²) in [6.45, 7) is 8.23. The van der Waals surface area contributed by atoms with E-state index in [1.54, 1.807) is 4.90 Å². The average molecular weight is 463 g/mol. The quantitative estimate of drug-likeness (QED) is 0.367. The predicted molar refractivity (Wildman–Crippen MR) is 116 cm³/mol. The maximum absolute atomic E-state index is 11.2. The van der Waals surface area contributed by atoms with Gasteiger partial charge in [-0.1, -0.05) is 12.1 Å². The van der Waals surface area contributed by atoms with Crippen molar-refractivity contribution in [3.8, 4) is 0 Å². The predicted octanol–water partition coefficient (Wildman–Crippen LogP) is 0.745. The monoisotopic (exact) mass is 463 g/mol. The summed E-state index contributed by atoms with van der Waals surface area (Å²) in [5.74, 6) is 0. The highest BCUT2D eigenvalue weighted by Gasteiger charge is 2.51. The van der Waals surface area contributed by atoms with Gasteiger partial charge in [-0.2, -0.15) is 16.8 Å². The number of hydrogen-bond acceptors (Lipinski definition) is 9. The van der Waals surface area contributed by atoms with Crippen molar-refractivity contribution >= 4 is 38.5 Å². The van der Waals surface area contributed by atoms with Crippen LogP contribution in [0.3, 0.4) is 0 Å². The van der Waals surface area contributed by atoms with Crippen LogP contribution in [0.25, 0.3) is 0 Å². The average Bonchev–Trinajstić information content (AvgIpc) is 2.79. The molecule has 0 radical (unpaired) electrons. The molecule has 1 aromatic rings. The molecule has 0 unspecified atom stereocenters. The van der Waals surface area contributed by atoms with Gasteiger partial charge in [0.25, 0.3) is 20.2 Å². The molecule has 1 saturated heterocycles. The van der Waals surface area contributed by atoms with E-state index in [1.165, 1.54) is 0 Å². The first-order valence-corrected chi connectivity index (χ1v) is 13.1. The van der Waals surface area contributed by atoms with Crippen LogP contribution in [-0.2, 0) is 37.9 Å². The molecule has 1 aliphatic heterocycles. The fraction of sp³-hybridized carbons (Fsp3) is 0.667. The lowest BCUT2D eigenvalue weighted by molar-refractivity contribution is 0.00578. The molecule has 1 fully saturated rings. The van der Waals surface area contributed by atoms with E-state index in [0.29, 0.717) is 0 Å². The Morgan fingerprint density at radius 2 is 1.23 bits per heavy atom. The van der Waals surface area contributed by atoms with E-state index >= 15 is 0 Å². The second-order valence-corrected chi connectivity index (χ2v) is 11.5. The van der Waals surface area contributed by atoms with Crippen molar-refractivity contribution in [2.24, 2.45) is 0 Å². The Bertz CT molecular complexity index is 875. The molecule has 1 aliphatic rings. The molecule has 1 aromatic carbocycles. The van der Waals surface area contributed by atoms with Crippen LogP contribution in [0.5, 0.6) is 0 Å². The van der Waals surface area contributed by atoms with Crippen molar-refractivity contribution in [3.05, 3.63) is 24.3 Å². The molecule has 0 aliphatic carbocycles. The Kier molecular flexibility index (Phi) is 7.64. The number of hydrogen-bond donors (Lipinski definition) is 0. The van der Waals surface area contributed by atoms with Crippen LogP contribution < -0.4 is 10.4 Å². The molecule has 0 N–H and O–H groups in total. The van der Waals surface area contributed by atoms with Crippen LogP contribution in [0, 0.1) is 0 Å². The van der Waals surface area contributed by atoms with Crippen LogP contribution in [0.1, 0.15) is 27.7 Å². The van der Waals surface area contributed by atoms with Gasteiger partial charge in [0.1, 0.15) is 0 Å². The fourth-order valence-electron chi connectivity index (χ4n) is 2.79. The molecule has 1 heterocycles. The molecule has 0 atom stereocenters. The van der Waals surface area contributed by atoms with E-state index in [-0.39, 0.29) is 26.3 Å². The number of rotatable bonds is 10. The van der Waals surface area contributed by atoms with E-state index in [1.807, 2.05) is 52.0 Å². The third kappa shape index (κ3) is 7.21. The van der Waals surface area contributed by atoms with Gasteiger partial charge < -0.3 is 14.2 Å². The van der Waals surface area contributed by atoms with Gasteiger partial charge in [0, 0.05) is 18.8 Å². The summed E-state index contributed by atoms with van der Waals surface area (Å²) < 4.78 is 66.6. The van der Waals surface area contributed by atoms with E-state index in [0.717, 1.165) is 23.7 Å².